The normalized spacial score (nSPS) is 10.4. The standard InChI is InChI=1S/C22H30N2O2/c1-4-5-6-7-14-26-20-12-10-19(11-13-20)24-22(25)16-23-21-15-17(2)8-9-18(21)3/h8-13,15,23H,4-7,14,16H2,1-3H3,(H,24,25). The number of amides is 1. The van der Waals surface area contributed by atoms with E-state index in [1.54, 1.807) is 0 Å². The van der Waals surface area contributed by atoms with Gasteiger partial charge in [0.05, 0.1) is 13.2 Å². The van der Waals surface area contributed by atoms with E-state index >= 15 is 0 Å². The van der Waals surface area contributed by atoms with Gasteiger partial charge in [-0.25, -0.2) is 0 Å². The lowest BCUT2D eigenvalue weighted by Crippen LogP contribution is -2.22. The number of carbonyl (C=O) groups excluding carboxylic acids is 1. The zero-order valence-corrected chi connectivity index (χ0v) is 16.1. The van der Waals surface area contributed by atoms with Crippen LogP contribution in [0.15, 0.2) is 42.5 Å². The van der Waals surface area contributed by atoms with Gasteiger partial charge in [0, 0.05) is 11.4 Å². The average Bonchev–Trinajstić information content (AvgIpc) is 2.63. The molecule has 0 unspecified atom stereocenters. The van der Waals surface area contributed by atoms with E-state index in [4.69, 9.17) is 4.74 Å². The first-order chi connectivity index (χ1) is 12.6. The molecule has 0 fully saturated rings. The topological polar surface area (TPSA) is 50.4 Å². The molecule has 0 aromatic heterocycles. The highest BCUT2D eigenvalue weighted by atomic mass is 16.5. The summed E-state index contributed by atoms with van der Waals surface area (Å²) in [7, 11) is 0. The van der Waals surface area contributed by atoms with E-state index in [9.17, 15) is 4.79 Å². The van der Waals surface area contributed by atoms with Crippen LogP contribution in [0.5, 0.6) is 5.75 Å². The summed E-state index contributed by atoms with van der Waals surface area (Å²) in [5.74, 6) is 0.771. The van der Waals surface area contributed by atoms with Crippen LogP contribution in [0.1, 0.15) is 43.7 Å². The lowest BCUT2D eigenvalue weighted by atomic mass is 10.1. The summed E-state index contributed by atoms with van der Waals surface area (Å²) in [6.07, 6.45) is 4.77. The smallest absolute Gasteiger partial charge is 0.243 e. The van der Waals surface area contributed by atoms with Crippen LogP contribution < -0.4 is 15.4 Å². The van der Waals surface area contributed by atoms with Gasteiger partial charge in [0.2, 0.25) is 5.91 Å². The minimum Gasteiger partial charge on any atom is -0.494 e. The summed E-state index contributed by atoms with van der Waals surface area (Å²) >= 11 is 0. The Morgan fingerprint density at radius 1 is 1.00 bits per heavy atom. The van der Waals surface area contributed by atoms with Gasteiger partial charge in [0.25, 0.3) is 0 Å². The molecule has 0 saturated heterocycles. The molecule has 0 saturated carbocycles. The van der Waals surface area contributed by atoms with Crippen molar-refractivity contribution in [3.05, 3.63) is 53.6 Å². The third-order valence-electron chi connectivity index (χ3n) is 4.24. The first-order valence-corrected chi connectivity index (χ1v) is 9.42. The van der Waals surface area contributed by atoms with Crippen molar-refractivity contribution in [2.75, 3.05) is 23.8 Å². The van der Waals surface area contributed by atoms with Gasteiger partial charge in [0.15, 0.2) is 0 Å². The van der Waals surface area contributed by atoms with E-state index in [1.165, 1.54) is 24.8 Å². The minimum absolute atomic E-state index is 0.0702. The molecule has 0 radical (unpaired) electrons. The quantitative estimate of drug-likeness (QED) is 0.568. The van der Waals surface area contributed by atoms with Crippen LogP contribution in [0.4, 0.5) is 11.4 Å². The number of hydrogen-bond acceptors (Lipinski definition) is 3. The maximum Gasteiger partial charge on any atom is 0.243 e. The van der Waals surface area contributed by atoms with Crippen LogP contribution in [0.25, 0.3) is 0 Å². The predicted octanol–water partition coefficient (Wildman–Crippen LogP) is 5.31. The molecule has 2 aromatic rings. The maximum atomic E-state index is 12.1. The van der Waals surface area contributed by atoms with Gasteiger partial charge in [0.1, 0.15) is 5.75 Å². The summed E-state index contributed by atoms with van der Waals surface area (Å²) in [5.41, 5.74) is 4.07. The molecule has 26 heavy (non-hydrogen) atoms. The number of rotatable bonds is 10. The number of benzene rings is 2. The van der Waals surface area contributed by atoms with Gasteiger partial charge >= 0.3 is 0 Å². The van der Waals surface area contributed by atoms with E-state index in [2.05, 4.69) is 35.8 Å². The number of unbranched alkanes of at least 4 members (excludes halogenated alkanes) is 3. The third kappa shape index (κ3) is 6.79. The fourth-order valence-electron chi connectivity index (χ4n) is 2.66. The third-order valence-corrected chi connectivity index (χ3v) is 4.24. The van der Waals surface area contributed by atoms with Crippen molar-refractivity contribution in [1.82, 2.24) is 0 Å². The second-order valence-electron chi connectivity index (χ2n) is 6.65. The zero-order valence-electron chi connectivity index (χ0n) is 16.1. The molecule has 0 heterocycles. The van der Waals surface area contributed by atoms with Crippen molar-refractivity contribution in [3.63, 3.8) is 0 Å². The van der Waals surface area contributed by atoms with E-state index in [0.29, 0.717) is 0 Å². The number of aryl methyl sites for hydroxylation is 2. The Kier molecular flexibility index (Phi) is 8.00. The van der Waals surface area contributed by atoms with E-state index < -0.39 is 0 Å². The molecule has 4 heteroatoms. The Balaban J connectivity index is 1.75. The monoisotopic (exact) mass is 354 g/mol. The molecule has 0 bridgehead atoms. The molecule has 2 N–H and O–H groups in total. The highest BCUT2D eigenvalue weighted by molar-refractivity contribution is 5.93. The molecule has 1 amide bonds. The Labute approximate surface area is 157 Å². The summed E-state index contributed by atoms with van der Waals surface area (Å²) in [4.78, 5) is 12.1. The number of nitrogens with one attached hydrogen (secondary N) is 2. The molecular formula is C22H30N2O2. The van der Waals surface area contributed by atoms with Crippen LogP contribution >= 0.6 is 0 Å². The van der Waals surface area contributed by atoms with E-state index in [0.717, 1.165) is 35.7 Å². The minimum atomic E-state index is -0.0702. The van der Waals surface area contributed by atoms with Crippen molar-refractivity contribution in [3.8, 4) is 5.75 Å². The summed E-state index contributed by atoms with van der Waals surface area (Å²) < 4.78 is 5.72. The van der Waals surface area contributed by atoms with Crippen molar-refractivity contribution in [2.24, 2.45) is 0 Å². The fourth-order valence-corrected chi connectivity index (χ4v) is 2.66. The van der Waals surface area contributed by atoms with Crippen LogP contribution in [0, 0.1) is 13.8 Å². The summed E-state index contributed by atoms with van der Waals surface area (Å²) in [6.45, 7) is 7.25. The Hall–Kier alpha value is -2.49. The van der Waals surface area contributed by atoms with Crippen LogP contribution in [-0.4, -0.2) is 19.1 Å². The highest BCUT2D eigenvalue weighted by Gasteiger charge is 2.04. The molecule has 0 aliphatic rings. The number of hydrogen-bond donors (Lipinski definition) is 2. The molecule has 2 rings (SSSR count). The van der Waals surface area contributed by atoms with Gasteiger partial charge in [-0.3, -0.25) is 4.79 Å². The first-order valence-electron chi connectivity index (χ1n) is 9.42. The highest BCUT2D eigenvalue weighted by Crippen LogP contribution is 2.18. The van der Waals surface area contributed by atoms with Crippen molar-refractivity contribution in [1.29, 1.82) is 0 Å². The average molecular weight is 354 g/mol. The van der Waals surface area contributed by atoms with E-state index in [1.807, 2.05) is 38.1 Å². The Morgan fingerprint density at radius 2 is 1.77 bits per heavy atom. The lowest BCUT2D eigenvalue weighted by Gasteiger charge is -2.11. The molecule has 0 spiro atoms. The molecule has 0 aliphatic carbocycles. The first kappa shape index (κ1) is 19.8. The SMILES string of the molecule is CCCCCCOc1ccc(NC(=O)CNc2cc(C)ccc2C)cc1. The fraction of sp³-hybridized carbons (Fsp3) is 0.409. The van der Waals surface area contributed by atoms with E-state index in [-0.39, 0.29) is 12.5 Å². The van der Waals surface area contributed by atoms with Crippen LogP contribution in [0.2, 0.25) is 0 Å². The van der Waals surface area contributed by atoms with Crippen molar-refractivity contribution >= 4 is 17.3 Å². The van der Waals surface area contributed by atoms with Gasteiger partial charge < -0.3 is 15.4 Å². The number of carbonyl (C=O) groups is 1. The Bertz CT molecular complexity index is 696. The van der Waals surface area contributed by atoms with Crippen molar-refractivity contribution < 1.29 is 9.53 Å². The molecule has 140 valence electrons. The molecule has 0 atom stereocenters. The molecule has 4 nitrogen and oxygen atoms in total. The van der Waals surface area contributed by atoms with Gasteiger partial charge in [-0.1, -0.05) is 38.3 Å². The Morgan fingerprint density at radius 3 is 2.50 bits per heavy atom. The second-order valence-corrected chi connectivity index (χ2v) is 6.65. The largest absolute Gasteiger partial charge is 0.494 e. The van der Waals surface area contributed by atoms with Crippen molar-refractivity contribution in [2.45, 2.75) is 46.5 Å². The number of anilines is 2. The summed E-state index contributed by atoms with van der Waals surface area (Å²) in [6, 6.07) is 13.7. The predicted molar refractivity (Wildman–Crippen MR) is 109 cm³/mol. The maximum absolute atomic E-state index is 12.1. The van der Waals surface area contributed by atoms with Gasteiger partial charge in [-0.15, -0.1) is 0 Å². The second kappa shape index (κ2) is 10.5. The van der Waals surface area contributed by atoms with Crippen LogP contribution in [-0.2, 0) is 4.79 Å². The van der Waals surface area contributed by atoms with Gasteiger partial charge in [-0.05, 0) is 61.7 Å². The molecule has 2 aromatic carbocycles. The summed E-state index contributed by atoms with van der Waals surface area (Å²) in [5, 5.41) is 6.09. The molecular weight excluding hydrogens is 324 g/mol. The zero-order chi connectivity index (χ0) is 18.8. The molecule has 0 aliphatic heterocycles. The lowest BCUT2D eigenvalue weighted by molar-refractivity contribution is -0.114. The number of ether oxygens (including phenoxy) is 1. The van der Waals surface area contributed by atoms with Gasteiger partial charge in [-0.2, -0.15) is 0 Å². The van der Waals surface area contributed by atoms with Crippen LogP contribution in [0.3, 0.4) is 0 Å².